The molecule has 1 aliphatic rings. The summed E-state index contributed by atoms with van der Waals surface area (Å²) in [6, 6.07) is 15.3. The predicted molar refractivity (Wildman–Crippen MR) is 121 cm³/mol. The fourth-order valence-electron chi connectivity index (χ4n) is 3.47. The molecule has 1 aliphatic heterocycles. The van der Waals surface area contributed by atoms with Crippen LogP contribution < -0.4 is 5.32 Å². The Hall–Kier alpha value is -2.87. The van der Waals surface area contributed by atoms with Crippen LogP contribution in [0.5, 0.6) is 0 Å². The smallest absolute Gasteiger partial charge is 0.159 e. The van der Waals surface area contributed by atoms with E-state index in [0.29, 0.717) is 34.2 Å². The lowest BCUT2D eigenvalue weighted by Gasteiger charge is -2.26. The van der Waals surface area contributed by atoms with Crippen molar-refractivity contribution in [2.75, 3.05) is 44.7 Å². The largest absolute Gasteiger partial charge is 0.379 e. The van der Waals surface area contributed by atoms with Crippen LogP contribution in [0.1, 0.15) is 11.1 Å². The van der Waals surface area contributed by atoms with Gasteiger partial charge in [0.05, 0.1) is 29.5 Å². The van der Waals surface area contributed by atoms with E-state index in [9.17, 15) is 4.39 Å². The molecule has 1 aromatic heterocycles. The molecule has 0 amide bonds. The van der Waals surface area contributed by atoms with Gasteiger partial charge in [-0.2, -0.15) is 0 Å². The summed E-state index contributed by atoms with van der Waals surface area (Å²) in [6.07, 6.45) is 0. The maximum Gasteiger partial charge on any atom is 0.159 e. The lowest BCUT2D eigenvalue weighted by atomic mass is 10.0. The average molecular weight is 440 g/mol. The Bertz CT molecular complexity index is 1040. The van der Waals surface area contributed by atoms with Gasteiger partial charge in [-0.1, -0.05) is 41.9 Å². The van der Waals surface area contributed by atoms with Crippen molar-refractivity contribution in [3.8, 4) is 11.3 Å². The van der Waals surface area contributed by atoms with E-state index in [0.717, 1.165) is 38.4 Å². The Morgan fingerprint density at radius 3 is 2.48 bits per heavy atom. The molecular weight excluding hydrogens is 417 g/mol. The number of anilines is 1. The van der Waals surface area contributed by atoms with Crippen molar-refractivity contribution in [2.24, 2.45) is 0 Å². The second kappa shape index (κ2) is 9.96. The topological polar surface area (TPSA) is 74.1 Å². The fourth-order valence-corrected chi connectivity index (χ4v) is 3.80. The normalized spacial score (nSPS) is 14.4. The van der Waals surface area contributed by atoms with Gasteiger partial charge in [-0.05, 0) is 24.3 Å². The van der Waals surface area contributed by atoms with Crippen LogP contribution in [0.25, 0.3) is 11.3 Å². The quantitative estimate of drug-likeness (QED) is 0.542. The third-order valence-electron chi connectivity index (χ3n) is 5.17. The fraction of sp³-hybridized carbons (Fsp3) is 0.261. The number of ether oxygens (including phenoxy) is 1. The number of morpholine rings is 1. The third-order valence-corrected chi connectivity index (χ3v) is 5.54. The summed E-state index contributed by atoms with van der Waals surface area (Å²) in [5, 5.41) is 21.1. The molecule has 160 valence electrons. The number of hydrogen-bond acceptors (Lipinski definition) is 6. The first kappa shape index (κ1) is 21.4. The third kappa shape index (κ3) is 5.07. The second-order valence-corrected chi connectivity index (χ2v) is 7.59. The van der Waals surface area contributed by atoms with Gasteiger partial charge in [0.25, 0.3) is 0 Å². The number of hydrogen-bond donors (Lipinski definition) is 2. The summed E-state index contributed by atoms with van der Waals surface area (Å²) in [5.41, 5.74) is 2.47. The minimum absolute atomic E-state index is 0.158. The molecule has 2 heterocycles. The van der Waals surface area contributed by atoms with Crippen molar-refractivity contribution in [3.05, 3.63) is 76.6 Å². The Balaban J connectivity index is 1.65. The van der Waals surface area contributed by atoms with Crippen molar-refractivity contribution in [1.82, 2.24) is 15.1 Å². The molecule has 6 nitrogen and oxygen atoms in total. The maximum atomic E-state index is 13.4. The Morgan fingerprint density at radius 1 is 1.06 bits per heavy atom. The lowest BCUT2D eigenvalue weighted by Crippen LogP contribution is -2.39. The molecule has 0 aliphatic carbocycles. The van der Waals surface area contributed by atoms with Crippen molar-refractivity contribution < 1.29 is 9.13 Å². The average Bonchev–Trinajstić information content (AvgIpc) is 2.81. The molecule has 3 aromatic rings. The van der Waals surface area contributed by atoms with Gasteiger partial charge in [0.15, 0.2) is 5.82 Å². The molecular formula is C23H23ClFN5O. The molecule has 0 bridgehead atoms. The van der Waals surface area contributed by atoms with E-state index >= 15 is 0 Å². The number of nitrogens with zero attached hydrogens (tertiary/aromatic N) is 3. The van der Waals surface area contributed by atoms with Gasteiger partial charge in [-0.15, -0.1) is 10.2 Å². The van der Waals surface area contributed by atoms with Crippen molar-refractivity contribution in [2.45, 2.75) is 0 Å². The van der Waals surface area contributed by atoms with Crippen LogP contribution in [-0.4, -0.2) is 60.2 Å². The van der Waals surface area contributed by atoms with Crippen molar-refractivity contribution in [3.63, 3.8) is 0 Å². The summed E-state index contributed by atoms with van der Waals surface area (Å²) in [7, 11) is 0. The van der Waals surface area contributed by atoms with Crippen molar-refractivity contribution in [1.29, 1.82) is 5.41 Å². The molecule has 0 radical (unpaired) electrons. The van der Waals surface area contributed by atoms with Gasteiger partial charge >= 0.3 is 0 Å². The van der Waals surface area contributed by atoms with E-state index < -0.39 is 0 Å². The van der Waals surface area contributed by atoms with E-state index in [1.165, 1.54) is 12.1 Å². The predicted octanol–water partition coefficient (Wildman–Crippen LogP) is 4.10. The molecule has 0 atom stereocenters. The van der Waals surface area contributed by atoms with E-state index in [-0.39, 0.29) is 11.5 Å². The van der Waals surface area contributed by atoms with Crippen LogP contribution in [0, 0.1) is 11.2 Å². The Labute approximate surface area is 185 Å². The van der Waals surface area contributed by atoms with Crippen LogP contribution in [0.2, 0.25) is 5.02 Å². The molecule has 0 unspecified atom stereocenters. The maximum absolute atomic E-state index is 13.4. The summed E-state index contributed by atoms with van der Waals surface area (Å²) in [4.78, 5) is 2.30. The highest BCUT2D eigenvalue weighted by atomic mass is 35.5. The summed E-state index contributed by atoms with van der Waals surface area (Å²) in [6.45, 7) is 4.68. The zero-order valence-electron chi connectivity index (χ0n) is 16.9. The van der Waals surface area contributed by atoms with Crippen molar-refractivity contribution >= 4 is 23.1 Å². The monoisotopic (exact) mass is 439 g/mol. The van der Waals surface area contributed by atoms with Gasteiger partial charge in [-0.3, -0.25) is 10.3 Å². The number of rotatable bonds is 7. The molecule has 8 heteroatoms. The summed E-state index contributed by atoms with van der Waals surface area (Å²) < 4.78 is 18.8. The Kier molecular flexibility index (Phi) is 6.86. The van der Waals surface area contributed by atoms with E-state index in [1.54, 1.807) is 12.1 Å². The molecule has 2 aromatic carbocycles. The van der Waals surface area contributed by atoms with Crippen LogP contribution in [0.3, 0.4) is 0 Å². The number of benzene rings is 2. The molecule has 0 saturated carbocycles. The SMILES string of the molecule is N=C(c1ccc(F)cc1)c1c(NCCN2CCOCC2)nnc(-c2ccccc2)c1Cl. The number of nitrogens with one attached hydrogen (secondary N) is 2. The van der Waals surface area contributed by atoms with Gasteiger partial charge in [0.2, 0.25) is 0 Å². The molecule has 4 rings (SSSR count). The van der Waals surface area contributed by atoms with Gasteiger partial charge in [0.1, 0.15) is 11.5 Å². The first-order valence-electron chi connectivity index (χ1n) is 10.1. The minimum Gasteiger partial charge on any atom is -0.379 e. The molecule has 1 saturated heterocycles. The van der Waals surface area contributed by atoms with Crippen LogP contribution in [0.15, 0.2) is 54.6 Å². The zero-order valence-corrected chi connectivity index (χ0v) is 17.7. The van der Waals surface area contributed by atoms with Crippen LogP contribution in [-0.2, 0) is 4.74 Å². The number of halogens is 2. The van der Waals surface area contributed by atoms with Crippen LogP contribution >= 0.6 is 11.6 Å². The van der Waals surface area contributed by atoms with Gasteiger partial charge < -0.3 is 10.1 Å². The second-order valence-electron chi connectivity index (χ2n) is 7.21. The van der Waals surface area contributed by atoms with Crippen LogP contribution in [0.4, 0.5) is 10.2 Å². The lowest BCUT2D eigenvalue weighted by molar-refractivity contribution is 0.0398. The Morgan fingerprint density at radius 2 is 1.77 bits per heavy atom. The highest BCUT2D eigenvalue weighted by molar-refractivity contribution is 6.38. The minimum atomic E-state index is -0.357. The molecule has 0 spiro atoms. The molecule has 2 N–H and O–H groups in total. The summed E-state index contributed by atoms with van der Waals surface area (Å²) in [5.74, 6) is 0.0802. The first-order chi connectivity index (χ1) is 15.1. The van der Waals surface area contributed by atoms with E-state index in [4.69, 9.17) is 21.7 Å². The number of aromatic nitrogens is 2. The van der Waals surface area contributed by atoms with Gasteiger partial charge in [0, 0.05) is 37.3 Å². The van der Waals surface area contributed by atoms with Gasteiger partial charge in [-0.25, -0.2) is 4.39 Å². The highest BCUT2D eigenvalue weighted by Crippen LogP contribution is 2.33. The summed E-state index contributed by atoms with van der Waals surface area (Å²) >= 11 is 6.77. The first-order valence-corrected chi connectivity index (χ1v) is 10.5. The van der Waals surface area contributed by atoms with E-state index in [2.05, 4.69) is 20.4 Å². The molecule has 1 fully saturated rings. The highest BCUT2D eigenvalue weighted by Gasteiger charge is 2.21. The zero-order chi connectivity index (χ0) is 21.6. The molecule has 31 heavy (non-hydrogen) atoms. The standard InChI is InChI=1S/C23H23ClFN5O/c24-20-19(21(26)16-6-8-18(25)9-7-16)23(27-10-11-30-12-14-31-15-13-30)29-28-22(20)17-4-2-1-3-5-17/h1-9,26H,10-15H2,(H,27,29). The van der Waals surface area contributed by atoms with E-state index in [1.807, 2.05) is 30.3 Å².